The highest BCUT2D eigenvalue weighted by molar-refractivity contribution is 5.69. The normalized spacial score (nSPS) is 15.2. The van der Waals surface area contributed by atoms with Crippen LogP contribution in [-0.4, -0.2) is 11.1 Å². The average Bonchev–Trinajstić information content (AvgIpc) is 2.29. The molecular formula is C16H28O2. The minimum atomic E-state index is -0.695. The van der Waals surface area contributed by atoms with E-state index >= 15 is 0 Å². The number of hydrogen-bond acceptors (Lipinski definition) is 1. The SMILES string of the molecule is C=CCC(C)CCCC(C)=CCCC(C)C(=O)O. The molecule has 0 saturated heterocycles. The first kappa shape index (κ1) is 16.9. The molecule has 0 fully saturated rings. The van der Waals surface area contributed by atoms with Crippen molar-refractivity contribution in [1.29, 1.82) is 0 Å². The van der Waals surface area contributed by atoms with Gasteiger partial charge in [-0.05, 0) is 44.9 Å². The van der Waals surface area contributed by atoms with Gasteiger partial charge >= 0.3 is 5.97 Å². The van der Waals surface area contributed by atoms with E-state index in [1.165, 1.54) is 18.4 Å². The van der Waals surface area contributed by atoms with Crippen molar-refractivity contribution in [2.45, 2.75) is 59.3 Å². The Bertz CT molecular complexity index is 279. The maximum absolute atomic E-state index is 10.7. The molecule has 0 aliphatic heterocycles. The Hall–Kier alpha value is -1.05. The van der Waals surface area contributed by atoms with Gasteiger partial charge in [-0.25, -0.2) is 0 Å². The molecule has 0 aliphatic rings. The number of carbonyl (C=O) groups is 1. The molecule has 2 unspecified atom stereocenters. The van der Waals surface area contributed by atoms with Crippen molar-refractivity contribution >= 4 is 5.97 Å². The number of carboxylic acids is 1. The Balaban J connectivity index is 3.71. The van der Waals surface area contributed by atoms with Gasteiger partial charge in [0.2, 0.25) is 0 Å². The molecule has 0 aliphatic carbocycles. The zero-order valence-electron chi connectivity index (χ0n) is 12.1. The molecule has 0 saturated carbocycles. The third-order valence-corrected chi connectivity index (χ3v) is 3.35. The van der Waals surface area contributed by atoms with Crippen molar-refractivity contribution in [3.8, 4) is 0 Å². The van der Waals surface area contributed by atoms with E-state index in [1.807, 2.05) is 6.08 Å². The second kappa shape index (κ2) is 9.93. The summed E-state index contributed by atoms with van der Waals surface area (Å²) in [5, 5.41) is 8.77. The first-order valence-electron chi connectivity index (χ1n) is 6.96. The lowest BCUT2D eigenvalue weighted by Gasteiger charge is -2.08. The fourth-order valence-electron chi connectivity index (χ4n) is 1.94. The highest BCUT2D eigenvalue weighted by atomic mass is 16.4. The van der Waals surface area contributed by atoms with E-state index in [0.29, 0.717) is 0 Å². The van der Waals surface area contributed by atoms with E-state index in [1.54, 1.807) is 6.92 Å². The van der Waals surface area contributed by atoms with Crippen LogP contribution >= 0.6 is 0 Å². The van der Waals surface area contributed by atoms with Crippen molar-refractivity contribution in [2.75, 3.05) is 0 Å². The molecule has 0 bridgehead atoms. The third kappa shape index (κ3) is 9.03. The van der Waals surface area contributed by atoms with Gasteiger partial charge in [0.1, 0.15) is 0 Å². The highest BCUT2D eigenvalue weighted by Gasteiger charge is 2.08. The molecule has 0 heterocycles. The predicted molar refractivity (Wildman–Crippen MR) is 77.6 cm³/mol. The molecular weight excluding hydrogens is 224 g/mol. The van der Waals surface area contributed by atoms with Crippen LogP contribution in [-0.2, 0) is 4.79 Å². The summed E-state index contributed by atoms with van der Waals surface area (Å²) >= 11 is 0. The lowest BCUT2D eigenvalue weighted by Crippen LogP contribution is -2.08. The number of carboxylic acid groups (broad SMARTS) is 1. The van der Waals surface area contributed by atoms with Crippen LogP contribution in [0.25, 0.3) is 0 Å². The molecule has 0 amide bonds. The molecule has 0 radical (unpaired) electrons. The standard InChI is InChI=1S/C16H28O2/c1-5-8-13(2)9-6-10-14(3)11-7-12-15(4)16(17)18/h5,11,13,15H,1,6-10,12H2,2-4H3,(H,17,18). The third-order valence-electron chi connectivity index (χ3n) is 3.35. The van der Waals surface area contributed by atoms with Crippen LogP contribution in [0.15, 0.2) is 24.3 Å². The fraction of sp³-hybridized carbons (Fsp3) is 0.688. The molecule has 1 N–H and O–H groups in total. The zero-order valence-corrected chi connectivity index (χ0v) is 12.1. The van der Waals surface area contributed by atoms with E-state index in [-0.39, 0.29) is 5.92 Å². The van der Waals surface area contributed by atoms with Gasteiger partial charge in [0.15, 0.2) is 0 Å². The maximum Gasteiger partial charge on any atom is 0.306 e. The molecule has 18 heavy (non-hydrogen) atoms. The summed E-state index contributed by atoms with van der Waals surface area (Å²) in [4.78, 5) is 10.7. The van der Waals surface area contributed by atoms with Gasteiger partial charge in [0.25, 0.3) is 0 Å². The molecule has 0 aromatic carbocycles. The first-order chi connectivity index (χ1) is 8.47. The van der Waals surface area contributed by atoms with Crippen LogP contribution < -0.4 is 0 Å². The lowest BCUT2D eigenvalue weighted by molar-refractivity contribution is -0.141. The Morgan fingerprint density at radius 1 is 1.33 bits per heavy atom. The van der Waals surface area contributed by atoms with Gasteiger partial charge < -0.3 is 5.11 Å². The first-order valence-corrected chi connectivity index (χ1v) is 6.96. The lowest BCUT2D eigenvalue weighted by atomic mass is 9.98. The van der Waals surface area contributed by atoms with Gasteiger partial charge in [0.05, 0.1) is 5.92 Å². The largest absolute Gasteiger partial charge is 0.481 e. The van der Waals surface area contributed by atoms with Crippen molar-refractivity contribution in [2.24, 2.45) is 11.8 Å². The van der Waals surface area contributed by atoms with Crippen LogP contribution in [0.1, 0.15) is 59.3 Å². The quantitative estimate of drug-likeness (QED) is 0.566. The molecule has 0 aromatic rings. The van der Waals surface area contributed by atoms with E-state index < -0.39 is 5.97 Å². The van der Waals surface area contributed by atoms with Crippen molar-refractivity contribution < 1.29 is 9.90 Å². The summed E-state index contributed by atoms with van der Waals surface area (Å²) in [6.07, 6.45) is 10.5. The number of aliphatic carboxylic acids is 1. The second-order valence-electron chi connectivity index (χ2n) is 5.39. The van der Waals surface area contributed by atoms with Gasteiger partial charge in [-0.15, -0.1) is 6.58 Å². The topological polar surface area (TPSA) is 37.3 Å². The van der Waals surface area contributed by atoms with Gasteiger partial charge in [-0.3, -0.25) is 4.79 Å². The molecule has 2 heteroatoms. The Kier molecular flexibility index (Phi) is 9.35. The van der Waals surface area contributed by atoms with Gasteiger partial charge in [0, 0.05) is 0 Å². The minimum Gasteiger partial charge on any atom is -0.481 e. The van der Waals surface area contributed by atoms with E-state index in [4.69, 9.17) is 5.11 Å². The number of allylic oxidation sites excluding steroid dienone is 3. The highest BCUT2D eigenvalue weighted by Crippen LogP contribution is 2.16. The summed E-state index contributed by atoms with van der Waals surface area (Å²) in [5.74, 6) is -0.205. The van der Waals surface area contributed by atoms with Crippen LogP contribution in [0.2, 0.25) is 0 Å². The Morgan fingerprint density at radius 2 is 2.00 bits per heavy atom. The van der Waals surface area contributed by atoms with Crippen LogP contribution in [0.5, 0.6) is 0 Å². The summed E-state index contributed by atoms with van der Waals surface area (Å²) < 4.78 is 0. The minimum absolute atomic E-state index is 0.235. The predicted octanol–water partition coefficient (Wildman–Crippen LogP) is 4.82. The van der Waals surface area contributed by atoms with Crippen LogP contribution in [0.4, 0.5) is 0 Å². The van der Waals surface area contributed by atoms with Crippen LogP contribution in [0, 0.1) is 11.8 Å². The van der Waals surface area contributed by atoms with Gasteiger partial charge in [-0.2, -0.15) is 0 Å². The average molecular weight is 252 g/mol. The van der Waals surface area contributed by atoms with E-state index in [2.05, 4.69) is 26.5 Å². The summed E-state index contributed by atoms with van der Waals surface area (Å²) in [6, 6.07) is 0. The zero-order chi connectivity index (χ0) is 14.0. The molecule has 2 nitrogen and oxygen atoms in total. The van der Waals surface area contributed by atoms with E-state index in [9.17, 15) is 4.79 Å². The van der Waals surface area contributed by atoms with Crippen molar-refractivity contribution in [1.82, 2.24) is 0 Å². The molecule has 0 rings (SSSR count). The summed E-state index contributed by atoms with van der Waals surface area (Å²) in [7, 11) is 0. The number of rotatable bonds is 10. The van der Waals surface area contributed by atoms with E-state index in [0.717, 1.165) is 31.6 Å². The van der Waals surface area contributed by atoms with Crippen molar-refractivity contribution in [3.63, 3.8) is 0 Å². The molecule has 0 aromatic heterocycles. The molecule has 0 spiro atoms. The maximum atomic E-state index is 10.7. The Labute approximate surface area is 112 Å². The molecule has 104 valence electrons. The number of hydrogen-bond donors (Lipinski definition) is 1. The summed E-state index contributed by atoms with van der Waals surface area (Å²) in [5.41, 5.74) is 1.39. The van der Waals surface area contributed by atoms with Gasteiger partial charge in [-0.1, -0.05) is 38.0 Å². The smallest absolute Gasteiger partial charge is 0.306 e. The fourth-order valence-corrected chi connectivity index (χ4v) is 1.94. The van der Waals surface area contributed by atoms with Crippen molar-refractivity contribution in [3.05, 3.63) is 24.3 Å². The molecule has 2 atom stereocenters. The van der Waals surface area contributed by atoms with Crippen LogP contribution in [0.3, 0.4) is 0 Å². The second-order valence-corrected chi connectivity index (χ2v) is 5.39. The Morgan fingerprint density at radius 3 is 2.56 bits per heavy atom. The summed E-state index contributed by atoms with van der Waals surface area (Å²) in [6.45, 7) is 9.92. The monoisotopic (exact) mass is 252 g/mol.